The second kappa shape index (κ2) is 15.6. The van der Waals surface area contributed by atoms with E-state index in [1.165, 1.54) is 32.1 Å². The van der Waals surface area contributed by atoms with Gasteiger partial charge in [0.05, 0.1) is 23.1 Å². The van der Waals surface area contributed by atoms with E-state index in [0.29, 0.717) is 30.3 Å². The van der Waals surface area contributed by atoms with E-state index in [0.717, 1.165) is 33.6 Å². The average molecular weight is 601 g/mol. The molecule has 214 valence electrons. The number of carbonyl (C=O) groups excluding carboxylic acids is 2. The maximum Gasteiger partial charge on any atom is 0.346 e. The van der Waals surface area contributed by atoms with Gasteiger partial charge in [0.2, 0.25) is 0 Å². The van der Waals surface area contributed by atoms with Gasteiger partial charge >= 0.3 is 5.97 Å². The number of amides is 1. The molecule has 9 heteroatoms. The van der Waals surface area contributed by atoms with E-state index in [1.807, 2.05) is 67.4 Å². The van der Waals surface area contributed by atoms with Gasteiger partial charge < -0.3 is 14.3 Å². The summed E-state index contributed by atoms with van der Waals surface area (Å²) >= 11 is 8.58. The molecule has 0 spiro atoms. The molecule has 1 fully saturated rings. The number of aromatic nitrogens is 1. The van der Waals surface area contributed by atoms with Crippen molar-refractivity contribution in [2.75, 3.05) is 12.0 Å². The summed E-state index contributed by atoms with van der Waals surface area (Å²) < 4.78 is 11.0. The van der Waals surface area contributed by atoms with Crippen molar-refractivity contribution in [2.24, 2.45) is 5.92 Å². The lowest BCUT2D eigenvalue weighted by molar-refractivity contribution is -0.136. The minimum atomic E-state index is -0.829. The summed E-state index contributed by atoms with van der Waals surface area (Å²) in [5.74, 6) is 0.338. The van der Waals surface area contributed by atoms with Gasteiger partial charge in [-0.05, 0) is 72.1 Å². The largest absolute Gasteiger partial charge is 0.368 e. The van der Waals surface area contributed by atoms with Crippen molar-refractivity contribution >= 4 is 46.8 Å². The standard InChI is InChI=1S/C31H37ClN2O4S2/c1-21-8-6-7-11-24(21)26-16-23(12-13-25(26)30(35)34-27(14-15-39-2)31(36)38-32)19-37-28(29-18-33-20-40-29)17-22-9-4-3-5-10-22/h6-8,11-13,16,18,20,22,27-28H,3-5,9-10,14-15,17,19H2,1-2H3,(H,34,35). The molecule has 1 aliphatic rings. The molecule has 4 rings (SSSR count). The monoisotopic (exact) mass is 600 g/mol. The lowest BCUT2D eigenvalue weighted by Gasteiger charge is -2.26. The number of rotatable bonds is 13. The number of nitrogens with zero attached hydrogens (tertiary/aromatic N) is 1. The fourth-order valence-electron chi connectivity index (χ4n) is 5.32. The maximum atomic E-state index is 13.5. The van der Waals surface area contributed by atoms with Crippen LogP contribution >= 0.6 is 35.0 Å². The van der Waals surface area contributed by atoms with Crippen LogP contribution in [0.4, 0.5) is 0 Å². The highest BCUT2D eigenvalue weighted by atomic mass is 35.5. The van der Waals surface area contributed by atoms with E-state index in [9.17, 15) is 9.59 Å². The molecular formula is C31H37ClN2O4S2. The molecule has 2 unspecified atom stereocenters. The maximum absolute atomic E-state index is 13.5. The predicted octanol–water partition coefficient (Wildman–Crippen LogP) is 7.90. The second-order valence-corrected chi connectivity index (χ2v) is 12.4. The summed E-state index contributed by atoms with van der Waals surface area (Å²) in [6.45, 7) is 2.45. The Morgan fingerprint density at radius 2 is 1.95 bits per heavy atom. The van der Waals surface area contributed by atoms with Crippen molar-refractivity contribution in [3.05, 3.63) is 75.7 Å². The highest BCUT2D eigenvalue weighted by Gasteiger charge is 2.25. The topological polar surface area (TPSA) is 77.5 Å². The first-order chi connectivity index (χ1) is 19.5. The van der Waals surface area contributed by atoms with Crippen molar-refractivity contribution in [2.45, 2.75) is 70.6 Å². The summed E-state index contributed by atoms with van der Waals surface area (Å²) in [4.78, 5) is 31.2. The van der Waals surface area contributed by atoms with Crippen LogP contribution in [0.2, 0.25) is 0 Å². The van der Waals surface area contributed by atoms with Crippen molar-refractivity contribution < 1.29 is 18.6 Å². The number of thioether (sulfide) groups is 1. The van der Waals surface area contributed by atoms with Crippen LogP contribution in [0.5, 0.6) is 0 Å². The SMILES string of the molecule is CSCCC(NC(=O)c1ccc(COC(CC2CCCCC2)c2cncs2)cc1-c1ccccc1C)C(=O)OCl. The molecule has 3 aromatic rings. The summed E-state index contributed by atoms with van der Waals surface area (Å²) in [7, 11) is 0. The fraction of sp³-hybridized carbons (Fsp3) is 0.452. The van der Waals surface area contributed by atoms with Crippen LogP contribution in [-0.2, 0) is 20.4 Å². The number of benzene rings is 2. The fourth-order valence-corrected chi connectivity index (χ4v) is 6.59. The Kier molecular flexibility index (Phi) is 11.9. The van der Waals surface area contributed by atoms with Gasteiger partial charge in [0.25, 0.3) is 5.91 Å². The number of ether oxygens (including phenoxy) is 1. The van der Waals surface area contributed by atoms with Gasteiger partial charge in [0.15, 0.2) is 0 Å². The van der Waals surface area contributed by atoms with Gasteiger partial charge in [-0.2, -0.15) is 11.8 Å². The molecule has 6 nitrogen and oxygen atoms in total. The van der Waals surface area contributed by atoms with Crippen molar-refractivity contribution in [3.8, 4) is 11.1 Å². The normalized spacial score (nSPS) is 15.4. The van der Waals surface area contributed by atoms with E-state index in [-0.39, 0.29) is 12.0 Å². The van der Waals surface area contributed by atoms with E-state index >= 15 is 0 Å². The van der Waals surface area contributed by atoms with Gasteiger partial charge in [-0.1, -0.05) is 62.4 Å². The molecule has 1 heterocycles. The Labute approximate surface area is 250 Å². The minimum Gasteiger partial charge on any atom is -0.368 e. The third-order valence-electron chi connectivity index (χ3n) is 7.53. The molecule has 1 N–H and O–H groups in total. The van der Waals surface area contributed by atoms with Crippen LogP contribution in [0.3, 0.4) is 0 Å². The summed E-state index contributed by atoms with van der Waals surface area (Å²) in [6, 6.07) is 12.9. The molecule has 2 aromatic carbocycles. The zero-order chi connectivity index (χ0) is 28.3. The van der Waals surface area contributed by atoms with Gasteiger partial charge in [-0.3, -0.25) is 9.78 Å². The van der Waals surface area contributed by atoms with E-state index in [1.54, 1.807) is 23.1 Å². The number of nitrogens with one attached hydrogen (secondary N) is 1. The summed E-state index contributed by atoms with van der Waals surface area (Å²) in [6.07, 6.45) is 11.7. The number of halogens is 1. The van der Waals surface area contributed by atoms with Crippen LogP contribution in [0.15, 0.2) is 54.2 Å². The first-order valence-corrected chi connectivity index (χ1v) is 16.4. The Bertz CT molecular complexity index is 1250. The third-order valence-corrected chi connectivity index (χ3v) is 9.20. The van der Waals surface area contributed by atoms with Gasteiger partial charge in [-0.15, -0.1) is 11.3 Å². The van der Waals surface area contributed by atoms with E-state index in [4.69, 9.17) is 16.6 Å². The summed E-state index contributed by atoms with van der Waals surface area (Å²) in [5.41, 5.74) is 6.12. The highest BCUT2D eigenvalue weighted by Crippen LogP contribution is 2.36. The molecule has 1 amide bonds. The molecule has 0 radical (unpaired) electrons. The first-order valence-electron chi connectivity index (χ1n) is 13.8. The average Bonchev–Trinajstić information content (AvgIpc) is 3.52. The molecule has 0 saturated heterocycles. The molecule has 0 aliphatic heterocycles. The highest BCUT2D eigenvalue weighted by molar-refractivity contribution is 7.98. The van der Waals surface area contributed by atoms with E-state index in [2.05, 4.69) is 14.6 Å². The smallest absolute Gasteiger partial charge is 0.346 e. The number of hydrogen-bond acceptors (Lipinski definition) is 7. The lowest BCUT2D eigenvalue weighted by Crippen LogP contribution is -2.41. The zero-order valence-electron chi connectivity index (χ0n) is 23.1. The predicted molar refractivity (Wildman–Crippen MR) is 164 cm³/mol. The number of hydrogen-bond donors (Lipinski definition) is 1. The molecule has 1 aromatic heterocycles. The quantitative estimate of drug-likeness (QED) is 0.215. The van der Waals surface area contributed by atoms with Gasteiger partial charge in [-0.25, -0.2) is 4.79 Å². The minimum absolute atomic E-state index is 0.000699. The summed E-state index contributed by atoms with van der Waals surface area (Å²) in [5, 5.41) is 2.83. The Hall–Kier alpha value is -2.39. The molecule has 1 saturated carbocycles. The van der Waals surface area contributed by atoms with Crippen molar-refractivity contribution in [1.82, 2.24) is 10.3 Å². The van der Waals surface area contributed by atoms with Gasteiger partial charge in [0.1, 0.15) is 17.9 Å². The lowest BCUT2D eigenvalue weighted by atomic mass is 9.85. The molecule has 1 aliphatic carbocycles. The van der Waals surface area contributed by atoms with E-state index < -0.39 is 12.0 Å². The van der Waals surface area contributed by atoms with Crippen LogP contribution < -0.4 is 5.32 Å². The van der Waals surface area contributed by atoms with Crippen LogP contribution in [0.25, 0.3) is 11.1 Å². The molecule has 40 heavy (non-hydrogen) atoms. The van der Waals surface area contributed by atoms with Crippen LogP contribution in [-0.4, -0.2) is 34.9 Å². The molecule has 0 bridgehead atoms. The number of aryl methyl sites for hydroxylation is 1. The Balaban J connectivity index is 1.58. The first kappa shape index (κ1) is 30.6. The number of carbonyl (C=O) groups is 2. The number of thiazole rings is 1. The van der Waals surface area contributed by atoms with Crippen LogP contribution in [0.1, 0.15) is 77.4 Å². The van der Waals surface area contributed by atoms with Gasteiger partial charge in [0, 0.05) is 11.8 Å². The Morgan fingerprint density at radius 1 is 1.15 bits per heavy atom. The molecule has 2 atom stereocenters. The van der Waals surface area contributed by atoms with Crippen molar-refractivity contribution in [1.29, 1.82) is 0 Å². The zero-order valence-corrected chi connectivity index (χ0v) is 25.5. The third kappa shape index (κ3) is 8.32. The Morgan fingerprint density at radius 3 is 2.65 bits per heavy atom. The van der Waals surface area contributed by atoms with Crippen molar-refractivity contribution in [3.63, 3.8) is 0 Å². The van der Waals surface area contributed by atoms with Crippen LogP contribution in [0, 0.1) is 12.8 Å². The second-order valence-electron chi connectivity index (χ2n) is 10.3. The molecular weight excluding hydrogens is 564 g/mol.